The number of hydrogen-bond donors (Lipinski definition) is 1. The van der Waals surface area contributed by atoms with Gasteiger partial charge in [0.1, 0.15) is 5.71 Å². The Bertz CT molecular complexity index is 846. The standard InChI is InChI=1S/C18H23N3O4S/c1-13-2-6-15(7-3-13)26(23,24)21-9-8-18(12-21)10-16(20-25-18)17(22)19-11-14-4-5-14/h2-3,6-7,14H,4-5,8-12H2,1H3,(H,19,22)/t18-/m0/s1. The molecule has 0 radical (unpaired) electrons. The van der Waals surface area contributed by atoms with Crippen LogP contribution in [0, 0.1) is 12.8 Å². The van der Waals surface area contributed by atoms with Crippen LogP contribution in [0.5, 0.6) is 0 Å². The number of sulfonamides is 1. The maximum Gasteiger partial charge on any atom is 0.269 e. The van der Waals surface area contributed by atoms with Gasteiger partial charge in [-0.2, -0.15) is 4.31 Å². The lowest BCUT2D eigenvalue weighted by Gasteiger charge is -2.21. The predicted octanol–water partition coefficient (Wildman–Crippen LogP) is 1.43. The second kappa shape index (κ2) is 6.35. The Labute approximate surface area is 153 Å². The molecule has 1 saturated heterocycles. The number of nitrogens with one attached hydrogen (secondary N) is 1. The summed E-state index contributed by atoms with van der Waals surface area (Å²) in [6.07, 6.45) is 3.21. The fourth-order valence-corrected chi connectivity index (χ4v) is 4.91. The lowest BCUT2D eigenvalue weighted by atomic mass is 9.96. The molecule has 8 heteroatoms. The highest BCUT2D eigenvalue weighted by Crippen LogP contribution is 2.36. The first-order valence-electron chi connectivity index (χ1n) is 8.98. The fourth-order valence-electron chi connectivity index (χ4n) is 3.40. The van der Waals surface area contributed by atoms with Crippen molar-refractivity contribution in [2.45, 2.75) is 43.1 Å². The van der Waals surface area contributed by atoms with Crippen molar-refractivity contribution in [1.82, 2.24) is 9.62 Å². The minimum absolute atomic E-state index is 0.200. The van der Waals surface area contributed by atoms with Crippen molar-refractivity contribution in [3.8, 4) is 0 Å². The molecule has 1 aromatic carbocycles. The summed E-state index contributed by atoms with van der Waals surface area (Å²) < 4.78 is 27.1. The molecule has 140 valence electrons. The van der Waals surface area contributed by atoms with Gasteiger partial charge in [0, 0.05) is 25.9 Å². The van der Waals surface area contributed by atoms with Crippen molar-refractivity contribution in [2.75, 3.05) is 19.6 Å². The predicted molar refractivity (Wildman–Crippen MR) is 96.2 cm³/mol. The molecule has 1 N–H and O–H groups in total. The Balaban J connectivity index is 1.40. The monoisotopic (exact) mass is 377 g/mol. The molecule has 4 rings (SSSR count). The van der Waals surface area contributed by atoms with Gasteiger partial charge in [-0.3, -0.25) is 4.79 Å². The van der Waals surface area contributed by atoms with Gasteiger partial charge >= 0.3 is 0 Å². The van der Waals surface area contributed by atoms with Crippen LogP contribution in [0.4, 0.5) is 0 Å². The number of amides is 1. The van der Waals surface area contributed by atoms with Gasteiger partial charge in [-0.1, -0.05) is 22.9 Å². The molecule has 2 fully saturated rings. The smallest absolute Gasteiger partial charge is 0.269 e. The zero-order valence-corrected chi connectivity index (χ0v) is 15.6. The van der Waals surface area contributed by atoms with Crippen molar-refractivity contribution in [3.05, 3.63) is 29.8 Å². The van der Waals surface area contributed by atoms with E-state index in [-0.39, 0.29) is 17.3 Å². The Hall–Kier alpha value is -1.93. The second-order valence-corrected chi connectivity index (χ2v) is 9.48. The minimum Gasteiger partial charge on any atom is -0.387 e. The highest BCUT2D eigenvalue weighted by atomic mass is 32.2. The number of carbonyl (C=O) groups excluding carboxylic acids is 1. The molecule has 1 saturated carbocycles. The third-order valence-corrected chi connectivity index (χ3v) is 7.15. The lowest BCUT2D eigenvalue weighted by molar-refractivity contribution is -0.115. The van der Waals surface area contributed by atoms with Crippen LogP contribution in [-0.4, -0.2) is 49.6 Å². The van der Waals surface area contributed by atoms with E-state index in [1.807, 2.05) is 6.92 Å². The topological polar surface area (TPSA) is 88.1 Å². The Morgan fingerprint density at radius 1 is 1.35 bits per heavy atom. The van der Waals surface area contributed by atoms with Crippen molar-refractivity contribution in [2.24, 2.45) is 11.1 Å². The number of rotatable bonds is 5. The zero-order chi connectivity index (χ0) is 18.4. The number of benzene rings is 1. The first kappa shape index (κ1) is 17.5. The molecule has 7 nitrogen and oxygen atoms in total. The van der Waals surface area contributed by atoms with Gasteiger partial charge in [0.15, 0.2) is 5.60 Å². The largest absolute Gasteiger partial charge is 0.387 e. The number of oxime groups is 1. The summed E-state index contributed by atoms with van der Waals surface area (Å²) in [5.74, 6) is 0.395. The molecule has 0 bridgehead atoms. The first-order valence-corrected chi connectivity index (χ1v) is 10.4. The molecule has 2 heterocycles. The summed E-state index contributed by atoms with van der Waals surface area (Å²) in [4.78, 5) is 18.0. The van der Waals surface area contributed by atoms with Gasteiger partial charge in [0.25, 0.3) is 5.91 Å². The molecule has 1 aliphatic carbocycles. The molecular weight excluding hydrogens is 354 g/mol. The van der Waals surface area contributed by atoms with Gasteiger partial charge in [-0.25, -0.2) is 8.42 Å². The first-order chi connectivity index (χ1) is 12.4. The zero-order valence-electron chi connectivity index (χ0n) is 14.8. The summed E-state index contributed by atoms with van der Waals surface area (Å²) in [5, 5.41) is 6.84. The van der Waals surface area contributed by atoms with Crippen LogP contribution >= 0.6 is 0 Å². The highest BCUT2D eigenvalue weighted by Gasteiger charge is 2.49. The summed E-state index contributed by atoms with van der Waals surface area (Å²) >= 11 is 0. The Morgan fingerprint density at radius 3 is 2.77 bits per heavy atom. The van der Waals surface area contributed by atoms with Crippen molar-refractivity contribution >= 4 is 21.6 Å². The third kappa shape index (κ3) is 3.35. The lowest BCUT2D eigenvalue weighted by Crippen LogP contribution is -2.38. The van der Waals surface area contributed by atoms with E-state index in [4.69, 9.17) is 4.84 Å². The van der Waals surface area contributed by atoms with Crippen LogP contribution in [-0.2, 0) is 19.7 Å². The van der Waals surface area contributed by atoms with Gasteiger partial charge in [0.2, 0.25) is 10.0 Å². The van der Waals surface area contributed by atoms with E-state index in [2.05, 4.69) is 10.5 Å². The maximum absolute atomic E-state index is 12.8. The SMILES string of the molecule is Cc1ccc(S(=O)(=O)N2CC[C@]3(CC(C(=O)NCC4CC4)=NO3)C2)cc1. The van der Waals surface area contributed by atoms with E-state index in [0.29, 0.717) is 37.6 Å². The van der Waals surface area contributed by atoms with Crippen LogP contribution in [0.15, 0.2) is 34.3 Å². The summed E-state index contributed by atoms with van der Waals surface area (Å²) in [6, 6.07) is 6.82. The van der Waals surface area contributed by atoms with Crippen molar-refractivity contribution in [1.29, 1.82) is 0 Å². The summed E-state index contributed by atoms with van der Waals surface area (Å²) in [5.41, 5.74) is 0.653. The number of hydrogen-bond acceptors (Lipinski definition) is 5. The molecule has 1 aromatic rings. The van der Waals surface area contributed by atoms with Crippen LogP contribution in [0.3, 0.4) is 0 Å². The molecule has 1 atom stereocenters. The van der Waals surface area contributed by atoms with E-state index >= 15 is 0 Å². The number of nitrogens with zero attached hydrogens (tertiary/aromatic N) is 2. The molecule has 0 unspecified atom stereocenters. The van der Waals surface area contributed by atoms with Crippen molar-refractivity contribution < 1.29 is 18.0 Å². The van der Waals surface area contributed by atoms with E-state index in [9.17, 15) is 13.2 Å². The quantitative estimate of drug-likeness (QED) is 0.841. The molecule has 3 aliphatic rings. The van der Waals surface area contributed by atoms with Crippen LogP contribution < -0.4 is 5.32 Å². The summed E-state index contributed by atoms with van der Waals surface area (Å²) in [7, 11) is -3.57. The van der Waals surface area contributed by atoms with Crippen LogP contribution in [0.25, 0.3) is 0 Å². The van der Waals surface area contributed by atoms with Crippen molar-refractivity contribution in [3.63, 3.8) is 0 Å². The average molecular weight is 377 g/mol. The van der Waals surface area contributed by atoms with E-state index in [1.54, 1.807) is 24.3 Å². The molecule has 26 heavy (non-hydrogen) atoms. The molecule has 1 spiro atoms. The molecule has 1 amide bonds. The van der Waals surface area contributed by atoms with Gasteiger partial charge in [-0.15, -0.1) is 0 Å². The Morgan fingerprint density at radius 2 is 2.08 bits per heavy atom. The van der Waals surface area contributed by atoms with Gasteiger partial charge in [-0.05, 0) is 37.8 Å². The number of aryl methyl sites for hydroxylation is 1. The molecule has 0 aromatic heterocycles. The molecular formula is C18H23N3O4S. The van der Waals surface area contributed by atoms with Crippen LogP contribution in [0.1, 0.15) is 31.2 Å². The minimum atomic E-state index is -3.57. The van der Waals surface area contributed by atoms with E-state index in [0.717, 1.165) is 5.56 Å². The van der Waals surface area contributed by atoms with Crippen LogP contribution in [0.2, 0.25) is 0 Å². The fraction of sp³-hybridized carbons (Fsp3) is 0.556. The van der Waals surface area contributed by atoms with Gasteiger partial charge < -0.3 is 10.2 Å². The van der Waals surface area contributed by atoms with E-state index < -0.39 is 15.6 Å². The van der Waals surface area contributed by atoms with E-state index in [1.165, 1.54) is 17.1 Å². The third-order valence-electron chi connectivity index (χ3n) is 5.29. The molecule has 2 aliphatic heterocycles. The Kier molecular flexibility index (Phi) is 4.27. The number of carbonyl (C=O) groups is 1. The average Bonchev–Trinajstić information content (AvgIpc) is 3.21. The normalized spacial score (nSPS) is 26.0. The second-order valence-electron chi connectivity index (χ2n) is 7.54. The van der Waals surface area contributed by atoms with Gasteiger partial charge in [0.05, 0.1) is 11.4 Å². The highest BCUT2D eigenvalue weighted by molar-refractivity contribution is 7.89. The summed E-state index contributed by atoms with van der Waals surface area (Å²) in [6.45, 7) is 3.17. The maximum atomic E-state index is 12.8.